The Bertz CT molecular complexity index is 289. The Labute approximate surface area is 122 Å². The molecule has 112 valence electrons. The Morgan fingerprint density at radius 3 is 2.47 bits per heavy atom. The van der Waals surface area contributed by atoms with Crippen molar-refractivity contribution in [3.05, 3.63) is 0 Å². The van der Waals surface area contributed by atoms with Gasteiger partial charge in [-0.25, -0.2) is 0 Å². The minimum absolute atomic E-state index is 0. The molecule has 19 heavy (non-hydrogen) atoms. The van der Waals surface area contributed by atoms with Crippen molar-refractivity contribution in [3.63, 3.8) is 0 Å². The van der Waals surface area contributed by atoms with Gasteiger partial charge in [-0.3, -0.25) is 4.79 Å². The highest BCUT2D eigenvalue weighted by Gasteiger charge is 2.42. The molecule has 0 atom stereocenters. The van der Waals surface area contributed by atoms with Gasteiger partial charge in [-0.05, 0) is 38.0 Å². The Morgan fingerprint density at radius 2 is 2.00 bits per heavy atom. The zero-order valence-electron chi connectivity index (χ0n) is 11.9. The summed E-state index contributed by atoms with van der Waals surface area (Å²) < 4.78 is 5.38. The van der Waals surface area contributed by atoms with Gasteiger partial charge in [0.15, 0.2) is 0 Å². The van der Waals surface area contributed by atoms with E-state index in [4.69, 9.17) is 10.5 Å². The summed E-state index contributed by atoms with van der Waals surface area (Å²) in [5.74, 6) is 1.03. The van der Waals surface area contributed by atoms with Crippen molar-refractivity contribution in [2.24, 2.45) is 17.1 Å². The summed E-state index contributed by atoms with van der Waals surface area (Å²) in [6, 6.07) is 0. The van der Waals surface area contributed by atoms with Gasteiger partial charge in [0.1, 0.15) is 0 Å². The monoisotopic (exact) mass is 290 g/mol. The topological polar surface area (TPSA) is 55.6 Å². The second kappa shape index (κ2) is 7.46. The van der Waals surface area contributed by atoms with Crippen molar-refractivity contribution in [2.45, 2.75) is 39.0 Å². The smallest absolute Gasteiger partial charge is 0.230 e. The van der Waals surface area contributed by atoms with Gasteiger partial charge in [0, 0.05) is 32.8 Å². The third-order valence-corrected chi connectivity index (χ3v) is 4.25. The van der Waals surface area contributed by atoms with Gasteiger partial charge >= 0.3 is 0 Å². The standard InChI is InChI=1S/C14H26N2O2.ClH/c1-2-7-16(10-12-3-4-12)13(17)14(11-15)5-8-18-9-6-14;/h12H,2-11,15H2,1H3;1H. The Morgan fingerprint density at radius 1 is 1.37 bits per heavy atom. The van der Waals surface area contributed by atoms with E-state index in [2.05, 4.69) is 11.8 Å². The number of halogens is 1. The molecule has 4 nitrogen and oxygen atoms in total. The molecule has 1 amide bonds. The third-order valence-electron chi connectivity index (χ3n) is 4.25. The summed E-state index contributed by atoms with van der Waals surface area (Å²) in [6.45, 7) is 5.75. The number of nitrogens with zero attached hydrogens (tertiary/aromatic N) is 1. The quantitative estimate of drug-likeness (QED) is 0.812. The fourth-order valence-electron chi connectivity index (χ4n) is 2.76. The molecule has 2 N–H and O–H groups in total. The van der Waals surface area contributed by atoms with Crippen LogP contribution in [-0.4, -0.2) is 43.7 Å². The molecule has 1 saturated carbocycles. The zero-order chi connectivity index (χ0) is 13.0. The third kappa shape index (κ3) is 4.07. The first kappa shape index (κ1) is 16.7. The van der Waals surface area contributed by atoms with Gasteiger partial charge in [0.05, 0.1) is 5.41 Å². The second-order valence-electron chi connectivity index (χ2n) is 5.79. The maximum absolute atomic E-state index is 12.8. The summed E-state index contributed by atoms with van der Waals surface area (Å²) in [7, 11) is 0. The van der Waals surface area contributed by atoms with Gasteiger partial charge < -0.3 is 15.4 Å². The average molecular weight is 291 g/mol. The normalized spacial score (nSPS) is 21.6. The van der Waals surface area contributed by atoms with Crippen LogP contribution in [0.2, 0.25) is 0 Å². The molecular formula is C14H27ClN2O2. The number of carbonyl (C=O) groups is 1. The van der Waals surface area contributed by atoms with Crippen LogP contribution < -0.4 is 5.73 Å². The van der Waals surface area contributed by atoms with E-state index in [1.165, 1.54) is 12.8 Å². The lowest BCUT2D eigenvalue weighted by Gasteiger charge is -2.39. The molecule has 0 unspecified atom stereocenters. The highest BCUT2D eigenvalue weighted by Crippen LogP contribution is 2.35. The molecule has 0 aromatic carbocycles. The van der Waals surface area contributed by atoms with E-state index in [0.717, 1.165) is 38.3 Å². The fourth-order valence-corrected chi connectivity index (χ4v) is 2.76. The van der Waals surface area contributed by atoms with Crippen molar-refractivity contribution in [2.75, 3.05) is 32.8 Å². The van der Waals surface area contributed by atoms with E-state index in [0.29, 0.717) is 19.8 Å². The molecule has 0 bridgehead atoms. The van der Waals surface area contributed by atoms with Crippen LogP contribution in [0.1, 0.15) is 39.0 Å². The number of rotatable bonds is 6. The molecule has 2 aliphatic rings. The van der Waals surface area contributed by atoms with Gasteiger partial charge in [-0.1, -0.05) is 6.92 Å². The van der Waals surface area contributed by atoms with Crippen LogP contribution in [0.25, 0.3) is 0 Å². The number of hydrogen-bond acceptors (Lipinski definition) is 3. The van der Waals surface area contributed by atoms with Gasteiger partial charge in [-0.2, -0.15) is 0 Å². The fraction of sp³-hybridized carbons (Fsp3) is 0.929. The van der Waals surface area contributed by atoms with E-state index < -0.39 is 0 Å². The molecule has 0 radical (unpaired) electrons. The summed E-state index contributed by atoms with van der Waals surface area (Å²) in [5, 5.41) is 0. The van der Waals surface area contributed by atoms with E-state index in [1.54, 1.807) is 0 Å². The van der Waals surface area contributed by atoms with Crippen LogP contribution in [0.4, 0.5) is 0 Å². The molecule has 2 rings (SSSR count). The lowest BCUT2D eigenvalue weighted by molar-refractivity contribution is -0.147. The van der Waals surface area contributed by atoms with Crippen molar-refractivity contribution in [1.82, 2.24) is 4.90 Å². The molecule has 1 heterocycles. The molecule has 0 aromatic heterocycles. The Hall–Kier alpha value is -0.320. The van der Waals surface area contributed by atoms with Crippen molar-refractivity contribution in [3.8, 4) is 0 Å². The average Bonchev–Trinajstić information content (AvgIpc) is 3.22. The summed E-state index contributed by atoms with van der Waals surface area (Å²) in [5.41, 5.74) is 5.57. The summed E-state index contributed by atoms with van der Waals surface area (Å²) in [4.78, 5) is 14.9. The van der Waals surface area contributed by atoms with Crippen LogP contribution in [0.5, 0.6) is 0 Å². The zero-order valence-corrected chi connectivity index (χ0v) is 12.7. The molecule has 1 aliphatic heterocycles. The van der Waals surface area contributed by atoms with Crippen LogP contribution in [0.3, 0.4) is 0 Å². The minimum atomic E-state index is -0.345. The van der Waals surface area contributed by atoms with Crippen molar-refractivity contribution >= 4 is 18.3 Å². The minimum Gasteiger partial charge on any atom is -0.381 e. The van der Waals surface area contributed by atoms with Crippen molar-refractivity contribution < 1.29 is 9.53 Å². The van der Waals surface area contributed by atoms with E-state index in [9.17, 15) is 4.79 Å². The van der Waals surface area contributed by atoms with Gasteiger partial charge in [0.25, 0.3) is 0 Å². The predicted molar refractivity (Wildman–Crippen MR) is 78.4 cm³/mol. The Kier molecular flexibility index (Phi) is 6.57. The molecule has 2 fully saturated rings. The summed E-state index contributed by atoms with van der Waals surface area (Å²) >= 11 is 0. The first-order valence-corrected chi connectivity index (χ1v) is 7.29. The van der Waals surface area contributed by atoms with Crippen LogP contribution in [0.15, 0.2) is 0 Å². The largest absolute Gasteiger partial charge is 0.381 e. The van der Waals surface area contributed by atoms with Gasteiger partial charge in [-0.15, -0.1) is 12.4 Å². The van der Waals surface area contributed by atoms with Crippen molar-refractivity contribution in [1.29, 1.82) is 0 Å². The number of carbonyl (C=O) groups excluding carboxylic acids is 1. The second-order valence-corrected chi connectivity index (χ2v) is 5.79. The first-order chi connectivity index (χ1) is 8.72. The lowest BCUT2D eigenvalue weighted by Crippen LogP contribution is -2.51. The number of nitrogens with two attached hydrogens (primary N) is 1. The van der Waals surface area contributed by atoms with E-state index in [-0.39, 0.29) is 23.7 Å². The van der Waals surface area contributed by atoms with Gasteiger partial charge in [0.2, 0.25) is 5.91 Å². The Balaban J connectivity index is 0.00000180. The molecule has 0 aromatic rings. The molecule has 0 spiro atoms. The molecule has 1 aliphatic carbocycles. The van der Waals surface area contributed by atoms with Crippen LogP contribution in [-0.2, 0) is 9.53 Å². The van der Waals surface area contributed by atoms with Crippen LogP contribution >= 0.6 is 12.4 Å². The predicted octanol–water partition coefficient (Wildman–Crippen LogP) is 1.81. The number of amides is 1. The number of hydrogen-bond donors (Lipinski definition) is 1. The van der Waals surface area contributed by atoms with E-state index in [1.807, 2.05) is 0 Å². The first-order valence-electron chi connectivity index (χ1n) is 7.29. The molecule has 1 saturated heterocycles. The molecule has 5 heteroatoms. The highest BCUT2D eigenvalue weighted by atomic mass is 35.5. The van der Waals surface area contributed by atoms with E-state index >= 15 is 0 Å². The highest BCUT2D eigenvalue weighted by molar-refractivity contribution is 5.85. The summed E-state index contributed by atoms with van der Waals surface area (Å²) in [6.07, 6.45) is 5.16. The SMILES string of the molecule is CCCN(CC1CC1)C(=O)C1(CN)CCOCC1.Cl. The maximum Gasteiger partial charge on any atom is 0.230 e. The lowest BCUT2D eigenvalue weighted by atomic mass is 9.78. The maximum atomic E-state index is 12.8. The number of ether oxygens (including phenoxy) is 1. The molecular weight excluding hydrogens is 264 g/mol. The van der Waals surface area contributed by atoms with Crippen LogP contribution in [0, 0.1) is 11.3 Å².